The van der Waals surface area contributed by atoms with Crippen molar-refractivity contribution in [3.63, 3.8) is 0 Å². The third-order valence-electron chi connectivity index (χ3n) is 6.64. The van der Waals surface area contributed by atoms with Crippen molar-refractivity contribution < 1.29 is 0 Å². The first kappa shape index (κ1) is 21.8. The summed E-state index contributed by atoms with van der Waals surface area (Å²) in [5.74, 6) is 0.673. The van der Waals surface area contributed by atoms with Gasteiger partial charge in [-0.1, -0.05) is 71.0 Å². The first-order valence-corrected chi connectivity index (χ1v) is 13.7. The largest absolute Gasteiger partial charge is 0.255 e. The average Bonchev–Trinajstić information content (AvgIpc) is 3.37. The van der Waals surface area contributed by atoms with Crippen LogP contribution in [0.3, 0.4) is 0 Å². The molecule has 0 bridgehead atoms. The lowest BCUT2D eigenvalue weighted by Gasteiger charge is -2.22. The third-order valence-corrected chi connectivity index (χ3v) is 9.21. The molecule has 3 heterocycles. The summed E-state index contributed by atoms with van der Waals surface area (Å²) in [5, 5.41) is 6.65. The van der Waals surface area contributed by atoms with Crippen LogP contribution in [0.1, 0.15) is 45.1 Å². The first-order chi connectivity index (χ1) is 16.3. The Labute approximate surface area is 209 Å². The molecule has 0 aliphatic rings. The van der Waals surface area contributed by atoms with Crippen molar-refractivity contribution in [1.82, 2.24) is 4.98 Å². The van der Waals surface area contributed by atoms with Gasteiger partial charge in [0.2, 0.25) is 0 Å². The van der Waals surface area contributed by atoms with Crippen molar-refractivity contribution in [2.75, 3.05) is 0 Å². The van der Waals surface area contributed by atoms with Crippen LogP contribution < -0.4 is 0 Å². The number of aromatic nitrogens is 1. The molecular weight excluding hydrogens is 450 g/mol. The van der Waals surface area contributed by atoms with Crippen molar-refractivity contribution in [3.05, 3.63) is 77.3 Å². The topological polar surface area (TPSA) is 12.9 Å². The van der Waals surface area contributed by atoms with Gasteiger partial charge in [-0.15, -0.1) is 22.7 Å². The maximum atomic E-state index is 4.94. The Morgan fingerprint density at radius 1 is 0.765 bits per heavy atom. The van der Waals surface area contributed by atoms with Gasteiger partial charge in [0, 0.05) is 27.4 Å². The second kappa shape index (κ2) is 7.90. The van der Waals surface area contributed by atoms with Crippen LogP contribution in [0, 0.1) is 5.92 Å². The molecule has 170 valence electrons. The molecule has 3 aromatic carbocycles. The fourth-order valence-corrected chi connectivity index (χ4v) is 7.91. The molecule has 1 nitrogen and oxygen atoms in total. The molecule has 6 rings (SSSR count). The summed E-state index contributed by atoms with van der Waals surface area (Å²) < 4.78 is 4.12. The highest BCUT2D eigenvalue weighted by atomic mass is 32.1. The van der Waals surface area contributed by atoms with E-state index in [-0.39, 0.29) is 5.41 Å². The Balaban J connectivity index is 1.63. The fraction of sp³-hybridized carbons (Fsp3) is 0.258. The Morgan fingerprint density at radius 3 is 2.35 bits per heavy atom. The molecule has 0 amide bonds. The van der Waals surface area contributed by atoms with Gasteiger partial charge in [0.1, 0.15) is 0 Å². The van der Waals surface area contributed by atoms with Crippen molar-refractivity contribution in [3.8, 4) is 11.3 Å². The number of benzene rings is 3. The van der Waals surface area contributed by atoms with Gasteiger partial charge < -0.3 is 0 Å². The lowest BCUT2D eigenvalue weighted by Crippen LogP contribution is -2.12. The van der Waals surface area contributed by atoms with E-state index in [2.05, 4.69) is 95.3 Å². The summed E-state index contributed by atoms with van der Waals surface area (Å²) in [7, 11) is 0. The van der Waals surface area contributed by atoms with Crippen molar-refractivity contribution in [1.29, 1.82) is 0 Å². The monoisotopic (exact) mass is 479 g/mol. The molecule has 3 heteroatoms. The predicted octanol–water partition coefficient (Wildman–Crippen LogP) is 9.98. The summed E-state index contributed by atoms with van der Waals surface area (Å²) in [6, 6.07) is 22.6. The molecule has 0 aliphatic heterocycles. The summed E-state index contributed by atoms with van der Waals surface area (Å²) in [5.41, 5.74) is 3.74. The van der Waals surface area contributed by atoms with Crippen LogP contribution in [-0.2, 0) is 11.8 Å². The van der Waals surface area contributed by atoms with E-state index in [0.717, 1.165) is 12.1 Å². The number of nitrogens with zero attached hydrogens (tertiary/aromatic N) is 1. The highest BCUT2D eigenvalue weighted by Gasteiger charge is 2.20. The molecule has 34 heavy (non-hydrogen) atoms. The molecule has 0 saturated carbocycles. The summed E-state index contributed by atoms with van der Waals surface area (Å²) >= 11 is 3.88. The van der Waals surface area contributed by atoms with Crippen LogP contribution in [0.4, 0.5) is 0 Å². The molecule has 0 N–H and O–H groups in total. The number of fused-ring (bicyclic) bond motifs is 6. The van der Waals surface area contributed by atoms with Gasteiger partial charge in [-0.25, -0.2) is 0 Å². The van der Waals surface area contributed by atoms with E-state index < -0.39 is 0 Å². The SMILES string of the molecule is CC(C)Cc1cc2ccc3c4ccnc(-c5cc(C(C)(C)C)c6ccccc6c5)c4sc3c2s1. The number of hydrogen-bond donors (Lipinski definition) is 0. The van der Waals surface area contributed by atoms with Crippen LogP contribution in [-0.4, -0.2) is 4.98 Å². The minimum absolute atomic E-state index is 0.0552. The van der Waals surface area contributed by atoms with Crippen LogP contribution in [0.5, 0.6) is 0 Å². The zero-order chi connectivity index (χ0) is 23.6. The summed E-state index contributed by atoms with van der Waals surface area (Å²) in [6.45, 7) is 11.5. The normalized spacial score (nSPS) is 12.6. The molecule has 0 spiro atoms. The third kappa shape index (κ3) is 3.54. The highest BCUT2D eigenvalue weighted by Crippen LogP contribution is 2.45. The second-order valence-electron chi connectivity index (χ2n) is 10.8. The van der Waals surface area contributed by atoms with Crippen molar-refractivity contribution >= 4 is 63.7 Å². The van der Waals surface area contributed by atoms with E-state index in [1.165, 1.54) is 57.0 Å². The smallest absolute Gasteiger partial charge is 0.0880 e. The first-order valence-electron chi connectivity index (χ1n) is 12.1. The van der Waals surface area contributed by atoms with E-state index in [0.29, 0.717) is 5.92 Å². The predicted molar refractivity (Wildman–Crippen MR) is 153 cm³/mol. The Bertz CT molecular complexity index is 1690. The van der Waals surface area contributed by atoms with Crippen molar-refractivity contribution in [2.45, 2.75) is 46.5 Å². The van der Waals surface area contributed by atoms with Gasteiger partial charge in [-0.3, -0.25) is 4.98 Å². The zero-order valence-corrected chi connectivity index (χ0v) is 22.0. The van der Waals surface area contributed by atoms with Gasteiger partial charge in [0.25, 0.3) is 0 Å². The molecule has 0 aliphatic carbocycles. The zero-order valence-electron chi connectivity index (χ0n) is 20.4. The van der Waals surface area contributed by atoms with Crippen LogP contribution in [0.25, 0.3) is 52.3 Å². The van der Waals surface area contributed by atoms with Gasteiger partial charge in [0.15, 0.2) is 0 Å². The van der Waals surface area contributed by atoms with E-state index in [1.54, 1.807) is 0 Å². The molecule has 0 radical (unpaired) electrons. The molecular formula is C31H29NS2. The minimum Gasteiger partial charge on any atom is -0.255 e. The minimum atomic E-state index is 0.0552. The number of hydrogen-bond acceptors (Lipinski definition) is 3. The molecule has 0 atom stereocenters. The molecule has 6 aromatic rings. The van der Waals surface area contributed by atoms with Gasteiger partial charge in [0.05, 0.1) is 19.8 Å². The van der Waals surface area contributed by atoms with E-state index >= 15 is 0 Å². The quantitative estimate of drug-likeness (QED) is 0.246. The lowest BCUT2D eigenvalue weighted by atomic mass is 9.82. The Hall–Kier alpha value is -2.75. The van der Waals surface area contributed by atoms with E-state index in [4.69, 9.17) is 4.98 Å². The van der Waals surface area contributed by atoms with Crippen LogP contribution in [0.15, 0.2) is 66.9 Å². The molecule has 3 aromatic heterocycles. The van der Waals surface area contributed by atoms with Crippen molar-refractivity contribution in [2.24, 2.45) is 5.92 Å². The number of pyridine rings is 1. The number of rotatable bonds is 3. The van der Waals surface area contributed by atoms with E-state index in [9.17, 15) is 0 Å². The van der Waals surface area contributed by atoms with E-state index in [1.807, 2.05) is 28.9 Å². The standard InChI is InChI=1S/C31H29NS2/c1-18(2)14-22-16-20-10-11-24-25-12-13-32-27(29(25)34-30(24)28(20)33-22)21-15-19-8-6-7-9-23(19)26(17-21)31(3,4)5/h6-13,15-18H,14H2,1-5H3. The maximum absolute atomic E-state index is 4.94. The van der Waals surface area contributed by atoms with Gasteiger partial charge in [-0.05, 0) is 63.7 Å². The summed E-state index contributed by atoms with van der Waals surface area (Å²) in [4.78, 5) is 6.42. The second-order valence-corrected chi connectivity index (χ2v) is 13.0. The van der Waals surface area contributed by atoms with Crippen LogP contribution >= 0.6 is 22.7 Å². The molecule has 0 fully saturated rings. The molecule has 0 unspecified atom stereocenters. The highest BCUT2D eigenvalue weighted by molar-refractivity contribution is 7.31. The van der Waals surface area contributed by atoms with Gasteiger partial charge in [-0.2, -0.15) is 0 Å². The summed E-state index contributed by atoms with van der Waals surface area (Å²) in [6.07, 6.45) is 3.13. The Morgan fingerprint density at radius 2 is 1.56 bits per heavy atom. The average molecular weight is 480 g/mol. The fourth-order valence-electron chi connectivity index (χ4n) is 5.09. The lowest BCUT2D eigenvalue weighted by molar-refractivity contribution is 0.596. The number of thiophene rings is 2. The van der Waals surface area contributed by atoms with Crippen LogP contribution in [0.2, 0.25) is 0 Å². The van der Waals surface area contributed by atoms with Gasteiger partial charge >= 0.3 is 0 Å². The molecule has 0 saturated heterocycles. The maximum Gasteiger partial charge on any atom is 0.0880 e. The Kier molecular flexibility index (Phi) is 5.05.